The van der Waals surface area contributed by atoms with E-state index in [1.807, 2.05) is 49.2 Å². The number of halogens is 1. The lowest BCUT2D eigenvalue weighted by Crippen LogP contribution is -2.05. The number of hydrogen-bond donors (Lipinski definition) is 1. The molecule has 0 atom stereocenters. The summed E-state index contributed by atoms with van der Waals surface area (Å²) in [5, 5.41) is 8.13. The molecule has 0 aliphatic rings. The van der Waals surface area contributed by atoms with Gasteiger partial charge in [0, 0.05) is 35.9 Å². The molecular weight excluding hydrogens is 274 g/mol. The average Bonchev–Trinajstić information content (AvgIpc) is 2.78. The third-order valence-electron chi connectivity index (χ3n) is 2.80. The summed E-state index contributed by atoms with van der Waals surface area (Å²) in [7, 11) is 3.85. The molecule has 0 radical (unpaired) electrons. The highest BCUT2D eigenvalue weighted by atomic mass is 35.5. The molecule has 4 nitrogen and oxygen atoms in total. The molecule has 0 aliphatic heterocycles. The first-order valence-corrected chi connectivity index (χ1v) is 6.71. The second kappa shape index (κ2) is 6.59. The van der Waals surface area contributed by atoms with E-state index in [-0.39, 0.29) is 0 Å². The van der Waals surface area contributed by atoms with Crippen molar-refractivity contribution in [2.24, 2.45) is 7.05 Å². The zero-order valence-corrected chi connectivity index (χ0v) is 12.4. The van der Waals surface area contributed by atoms with Gasteiger partial charge >= 0.3 is 0 Å². The first-order chi connectivity index (χ1) is 9.60. The molecule has 1 heterocycles. The maximum Gasteiger partial charge on any atom is 0.123 e. The van der Waals surface area contributed by atoms with Crippen LogP contribution in [-0.2, 0) is 13.6 Å². The molecule has 1 aromatic carbocycles. The standard InChI is InChI=1S/C15H18ClN3O/c1-11(16)10-20-14-6-4-12(5-7-14)15-13(8-17-2)9-19(3)18-15/h4-7,9,17H,1,8,10H2,2-3H3. The van der Waals surface area contributed by atoms with Crippen LogP contribution in [0.2, 0.25) is 0 Å². The van der Waals surface area contributed by atoms with Gasteiger partial charge in [0.05, 0.1) is 5.69 Å². The van der Waals surface area contributed by atoms with E-state index in [1.54, 1.807) is 0 Å². The molecule has 0 unspecified atom stereocenters. The Hall–Kier alpha value is -1.78. The highest BCUT2D eigenvalue weighted by Crippen LogP contribution is 2.24. The molecule has 0 amide bonds. The summed E-state index contributed by atoms with van der Waals surface area (Å²) < 4.78 is 7.30. The van der Waals surface area contributed by atoms with Gasteiger partial charge in [-0.15, -0.1) is 0 Å². The van der Waals surface area contributed by atoms with Gasteiger partial charge in [-0.2, -0.15) is 5.10 Å². The predicted molar refractivity (Wildman–Crippen MR) is 81.9 cm³/mol. The summed E-state index contributed by atoms with van der Waals surface area (Å²) >= 11 is 5.67. The zero-order chi connectivity index (χ0) is 14.5. The number of hydrogen-bond acceptors (Lipinski definition) is 3. The van der Waals surface area contributed by atoms with Crippen molar-refractivity contribution in [3.05, 3.63) is 47.6 Å². The summed E-state index contributed by atoms with van der Waals surface area (Å²) in [6.45, 7) is 4.69. The van der Waals surface area contributed by atoms with Crippen molar-refractivity contribution < 1.29 is 4.74 Å². The third kappa shape index (κ3) is 3.62. The van der Waals surface area contributed by atoms with Crippen molar-refractivity contribution in [1.82, 2.24) is 15.1 Å². The normalized spacial score (nSPS) is 10.6. The van der Waals surface area contributed by atoms with Gasteiger partial charge < -0.3 is 10.1 Å². The highest BCUT2D eigenvalue weighted by Gasteiger charge is 2.09. The van der Waals surface area contributed by atoms with E-state index in [1.165, 1.54) is 0 Å². The number of ether oxygens (including phenoxy) is 1. The number of aryl methyl sites for hydroxylation is 1. The number of nitrogens with zero attached hydrogens (tertiary/aromatic N) is 2. The van der Waals surface area contributed by atoms with Crippen LogP contribution in [0.4, 0.5) is 0 Å². The summed E-state index contributed by atoms with van der Waals surface area (Å²) in [6.07, 6.45) is 2.02. The zero-order valence-electron chi connectivity index (χ0n) is 11.7. The second-order valence-corrected chi connectivity index (χ2v) is 5.07. The summed E-state index contributed by atoms with van der Waals surface area (Å²) in [5.74, 6) is 0.765. The van der Waals surface area contributed by atoms with Gasteiger partial charge in [-0.3, -0.25) is 4.68 Å². The summed E-state index contributed by atoms with van der Waals surface area (Å²) in [4.78, 5) is 0. The molecular formula is C15H18ClN3O. The Kier molecular flexibility index (Phi) is 4.82. The van der Waals surface area contributed by atoms with Crippen LogP contribution in [0.25, 0.3) is 11.3 Å². The van der Waals surface area contributed by atoms with Gasteiger partial charge in [-0.05, 0) is 31.3 Å². The number of rotatable bonds is 6. The Labute approximate surface area is 124 Å². The fourth-order valence-corrected chi connectivity index (χ4v) is 2.03. The van der Waals surface area contributed by atoms with Gasteiger partial charge in [0.25, 0.3) is 0 Å². The van der Waals surface area contributed by atoms with E-state index < -0.39 is 0 Å². The fourth-order valence-electron chi connectivity index (χ4n) is 1.97. The van der Waals surface area contributed by atoms with E-state index in [4.69, 9.17) is 16.3 Å². The number of nitrogens with one attached hydrogen (secondary N) is 1. The van der Waals surface area contributed by atoms with Crippen LogP contribution in [0.5, 0.6) is 5.75 Å². The molecule has 20 heavy (non-hydrogen) atoms. The van der Waals surface area contributed by atoms with Gasteiger partial charge in [0.2, 0.25) is 0 Å². The van der Waals surface area contributed by atoms with Crippen molar-refractivity contribution in [2.45, 2.75) is 6.54 Å². The van der Waals surface area contributed by atoms with Crippen molar-refractivity contribution in [1.29, 1.82) is 0 Å². The molecule has 2 aromatic rings. The quantitative estimate of drug-likeness (QED) is 0.889. The minimum absolute atomic E-state index is 0.315. The van der Waals surface area contributed by atoms with E-state index in [0.717, 1.165) is 29.1 Å². The van der Waals surface area contributed by atoms with Crippen LogP contribution in [0.3, 0.4) is 0 Å². The topological polar surface area (TPSA) is 39.1 Å². The molecule has 5 heteroatoms. The molecule has 0 saturated carbocycles. The molecule has 0 saturated heterocycles. The minimum Gasteiger partial charge on any atom is -0.488 e. The Balaban J connectivity index is 2.19. The molecule has 106 valence electrons. The average molecular weight is 292 g/mol. The van der Waals surface area contributed by atoms with Gasteiger partial charge in [0.15, 0.2) is 0 Å². The Morgan fingerprint density at radius 2 is 2.10 bits per heavy atom. The Morgan fingerprint density at radius 1 is 1.40 bits per heavy atom. The molecule has 2 rings (SSSR count). The third-order valence-corrected chi connectivity index (χ3v) is 2.90. The second-order valence-electron chi connectivity index (χ2n) is 4.54. The SMILES string of the molecule is C=C(Cl)COc1ccc(-c2nn(C)cc2CNC)cc1. The fraction of sp³-hybridized carbons (Fsp3) is 0.267. The first-order valence-electron chi connectivity index (χ1n) is 6.34. The minimum atomic E-state index is 0.315. The lowest BCUT2D eigenvalue weighted by atomic mass is 10.1. The van der Waals surface area contributed by atoms with E-state index in [9.17, 15) is 0 Å². The van der Waals surface area contributed by atoms with Crippen LogP contribution in [-0.4, -0.2) is 23.4 Å². The van der Waals surface area contributed by atoms with Crippen molar-refractivity contribution in [3.63, 3.8) is 0 Å². The van der Waals surface area contributed by atoms with E-state index >= 15 is 0 Å². The molecule has 0 aliphatic carbocycles. The number of aromatic nitrogens is 2. The monoisotopic (exact) mass is 291 g/mol. The van der Waals surface area contributed by atoms with Crippen molar-refractivity contribution >= 4 is 11.6 Å². The van der Waals surface area contributed by atoms with Crippen LogP contribution < -0.4 is 10.1 Å². The van der Waals surface area contributed by atoms with Gasteiger partial charge in [0.1, 0.15) is 12.4 Å². The Morgan fingerprint density at radius 3 is 2.70 bits per heavy atom. The molecule has 0 fully saturated rings. The molecule has 1 N–H and O–H groups in total. The molecule has 0 bridgehead atoms. The lowest BCUT2D eigenvalue weighted by Gasteiger charge is -2.06. The number of benzene rings is 1. The Bertz CT molecular complexity index is 590. The highest BCUT2D eigenvalue weighted by molar-refractivity contribution is 6.29. The maximum absolute atomic E-state index is 5.67. The maximum atomic E-state index is 5.67. The summed E-state index contributed by atoms with van der Waals surface area (Å²) in [6, 6.07) is 7.81. The predicted octanol–water partition coefficient (Wildman–Crippen LogP) is 2.94. The van der Waals surface area contributed by atoms with E-state index in [0.29, 0.717) is 11.6 Å². The smallest absolute Gasteiger partial charge is 0.123 e. The van der Waals surface area contributed by atoms with Gasteiger partial charge in [-0.1, -0.05) is 18.2 Å². The van der Waals surface area contributed by atoms with Crippen molar-refractivity contribution in [3.8, 4) is 17.0 Å². The van der Waals surface area contributed by atoms with Crippen LogP contribution in [0.15, 0.2) is 42.1 Å². The lowest BCUT2D eigenvalue weighted by molar-refractivity contribution is 0.359. The largest absolute Gasteiger partial charge is 0.488 e. The van der Waals surface area contributed by atoms with Crippen molar-refractivity contribution in [2.75, 3.05) is 13.7 Å². The summed E-state index contributed by atoms with van der Waals surface area (Å²) in [5.41, 5.74) is 3.21. The van der Waals surface area contributed by atoms with E-state index in [2.05, 4.69) is 17.0 Å². The van der Waals surface area contributed by atoms with Crippen LogP contribution >= 0.6 is 11.6 Å². The van der Waals surface area contributed by atoms with Crippen LogP contribution in [0.1, 0.15) is 5.56 Å². The van der Waals surface area contributed by atoms with Crippen LogP contribution in [0, 0.1) is 0 Å². The molecule has 1 aromatic heterocycles. The molecule has 0 spiro atoms. The first kappa shape index (κ1) is 14.6. The van der Waals surface area contributed by atoms with Gasteiger partial charge in [-0.25, -0.2) is 0 Å².